The number of methoxy groups -OCH3 is 1. The number of rotatable bonds is 5. The van der Waals surface area contributed by atoms with Gasteiger partial charge < -0.3 is 4.74 Å². The standard InChI is InChI=1S/C16H12FNO4/c1-22-16-8-6-12(17)10-14(16)15(19)7-5-11-3-2-4-13(9-11)18(20)21/h2-10H,1H3. The van der Waals surface area contributed by atoms with E-state index in [0.29, 0.717) is 5.56 Å². The van der Waals surface area contributed by atoms with Crippen molar-refractivity contribution in [1.82, 2.24) is 0 Å². The first-order valence-electron chi connectivity index (χ1n) is 6.31. The number of hydrogen-bond donors (Lipinski definition) is 0. The summed E-state index contributed by atoms with van der Waals surface area (Å²) in [7, 11) is 1.38. The maximum absolute atomic E-state index is 13.2. The second-order valence-corrected chi connectivity index (χ2v) is 4.39. The molecule has 6 heteroatoms. The SMILES string of the molecule is COc1ccc(F)cc1C(=O)C=Cc1cccc([N+](=O)[O-])c1. The maximum Gasteiger partial charge on any atom is 0.270 e. The normalized spacial score (nSPS) is 10.6. The Morgan fingerprint density at radius 3 is 2.73 bits per heavy atom. The van der Waals surface area contributed by atoms with E-state index >= 15 is 0 Å². The summed E-state index contributed by atoms with van der Waals surface area (Å²) in [4.78, 5) is 22.3. The summed E-state index contributed by atoms with van der Waals surface area (Å²) in [6.45, 7) is 0. The van der Waals surface area contributed by atoms with E-state index in [0.717, 1.165) is 6.07 Å². The van der Waals surface area contributed by atoms with Gasteiger partial charge in [0.25, 0.3) is 5.69 Å². The molecule has 0 heterocycles. The van der Waals surface area contributed by atoms with Crippen LogP contribution in [0.2, 0.25) is 0 Å². The molecule has 0 aliphatic heterocycles. The van der Waals surface area contributed by atoms with Gasteiger partial charge in [-0.2, -0.15) is 0 Å². The van der Waals surface area contributed by atoms with Crippen molar-refractivity contribution in [2.24, 2.45) is 0 Å². The van der Waals surface area contributed by atoms with Gasteiger partial charge in [0.1, 0.15) is 11.6 Å². The van der Waals surface area contributed by atoms with Crippen LogP contribution in [-0.2, 0) is 0 Å². The van der Waals surface area contributed by atoms with Crippen LogP contribution in [0.15, 0.2) is 48.5 Å². The first-order valence-corrected chi connectivity index (χ1v) is 6.31. The van der Waals surface area contributed by atoms with Crippen LogP contribution in [0.3, 0.4) is 0 Å². The number of ether oxygens (including phenoxy) is 1. The van der Waals surface area contributed by atoms with Crippen LogP contribution in [0.1, 0.15) is 15.9 Å². The molecule has 0 atom stereocenters. The van der Waals surface area contributed by atoms with Crippen LogP contribution in [0.25, 0.3) is 6.08 Å². The van der Waals surface area contributed by atoms with E-state index in [1.54, 1.807) is 6.07 Å². The van der Waals surface area contributed by atoms with Gasteiger partial charge in [-0.05, 0) is 29.8 Å². The minimum absolute atomic E-state index is 0.0714. The third-order valence-corrected chi connectivity index (χ3v) is 2.94. The highest BCUT2D eigenvalue weighted by Crippen LogP contribution is 2.21. The van der Waals surface area contributed by atoms with Crippen molar-refractivity contribution in [2.45, 2.75) is 0 Å². The molecule has 0 amide bonds. The van der Waals surface area contributed by atoms with Gasteiger partial charge in [0.15, 0.2) is 5.78 Å². The molecule has 0 saturated carbocycles. The fourth-order valence-electron chi connectivity index (χ4n) is 1.88. The lowest BCUT2D eigenvalue weighted by Gasteiger charge is -2.05. The van der Waals surface area contributed by atoms with Gasteiger partial charge in [-0.3, -0.25) is 14.9 Å². The van der Waals surface area contributed by atoms with E-state index in [4.69, 9.17) is 4.74 Å². The number of carbonyl (C=O) groups is 1. The molecule has 2 rings (SSSR count). The van der Waals surface area contributed by atoms with Gasteiger partial charge in [-0.15, -0.1) is 0 Å². The van der Waals surface area contributed by atoms with E-state index in [1.165, 1.54) is 49.6 Å². The highest BCUT2D eigenvalue weighted by atomic mass is 19.1. The highest BCUT2D eigenvalue weighted by Gasteiger charge is 2.11. The summed E-state index contributed by atoms with van der Waals surface area (Å²) >= 11 is 0. The zero-order valence-electron chi connectivity index (χ0n) is 11.7. The zero-order valence-corrected chi connectivity index (χ0v) is 11.7. The molecule has 0 saturated heterocycles. The number of nitro groups is 1. The van der Waals surface area contributed by atoms with Gasteiger partial charge in [-0.1, -0.05) is 18.2 Å². The van der Waals surface area contributed by atoms with Crippen molar-refractivity contribution in [2.75, 3.05) is 7.11 Å². The Morgan fingerprint density at radius 2 is 2.05 bits per heavy atom. The quantitative estimate of drug-likeness (QED) is 0.366. The number of ketones is 1. The van der Waals surface area contributed by atoms with Crippen LogP contribution in [0.5, 0.6) is 5.75 Å². The van der Waals surface area contributed by atoms with Crippen LogP contribution in [0, 0.1) is 15.9 Å². The van der Waals surface area contributed by atoms with Crippen molar-refractivity contribution in [1.29, 1.82) is 0 Å². The molecule has 0 N–H and O–H groups in total. The first kappa shape index (κ1) is 15.4. The van der Waals surface area contributed by atoms with Crippen LogP contribution in [-0.4, -0.2) is 17.8 Å². The lowest BCUT2D eigenvalue weighted by atomic mass is 10.1. The number of non-ortho nitro benzene ring substituents is 1. The molecular weight excluding hydrogens is 289 g/mol. The molecule has 0 unspecified atom stereocenters. The minimum atomic E-state index is -0.548. The van der Waals surface area contributed by atoms with Crippen molar-refractivity contribution in [3.05, 3.63) is 75.6 Å². The van der Waals surface area contributed by atoms with Crippen LogP contribution < -0.4 is 4.74 Å². The van der Waals surface area contributed by atoms with Gasteiger partial charge in [0, 0.05) is 12.1 Å². The molecule has 0 radical (unpaired) electrons. The largest absolute Gasteiger partial charge is 0.496 e. The summed E-state index contributed by atoms with van der Waals surface area (Å²) in [5, 5.41) is 10.7. The maximum atomic E-state index is 13.2. The lowest BCUT2D eigenvalue weighted by molar-refractivity contribution is -0.384. The zero-order chi connectivity index (χ0) is 16.1. The Morgan fingerprint density at radius 1 is 1.27 bits per heavy atom. The number of halogens is 1. The Kier molecular flexibility index (Phi) is 4.63. The fourth-order valence-corrected chi connectivity index (χ4v) is 1.88. The predicted octanol–water partition coefficient (Wildman–Crippen LogP) is 3.64. The van der Waals surface area contributed by atoms with Gasteiger partial charge in [-0.25, -0.2) is 4.39 Å². The molecule has 2 aromatic carbocycles. The van der Waals surface area contributed by atoms with Gasteiger partial charge >= 0.3 is 0 Å². The van der Waals surface area contributed by atoms with Crippen molar-refractivity contribution in [3.63, 3.8) is 0 Å². The molecule has 2 aromatic rings. The third kappa shape index (κ3) is 3.54. The summed E-state index contributed by atoms with van der Waals surface area (Å²) in [5.74, 6) is -0.745. The molecular formula is C16H12FNO4. The molecule has 0 aliphatic rings. The van der Waals surface area contributed by atoms with Crippen molar-refractivity contribution < 1.29 is 18.8 Å². The molecule has 0 spiro atoms. The van der Waals surface area contributed by atoms with Crippen molar-refractivity contribution >= 4 is 17.5 Å². The Labute approximate surface area is 125 Å². The average molecular weight is 301 g/mol. The summed E-state index contributed by atoms with van der Waals surface area (Å²) in [6, 6.07) is 9.48. The van der Waals surface area contributed by atoms with E-state index in [-0.39, 0.29) is 17.0 Å². The number of hydrogen-bond acceptors (Lipinski definition) is 4. The number of benzene rings is 2. The van der Waals surface area contributed by atoms with E-state index in [9.17, 15) is 19.3 Å². The second-order valence-electron chi connectivity index (χ2n) is 4.39. The average Bonchev–Trinajstić information content (AvgIpc) is 2.52. The van der Waals surface area contributed by atoms with Gasteiger partial charge in [0.2, 0.25) is 0 Å². The van der Waals surface area contributed by atoms with E-state index < -0.39 is 16.5 Å². The molecule has 5 nitrogen and oxygen atoms in total. The molecule has 0 aliphatic carbocycles. The first-order chi connectivity index (χ1) is 10.5. The Hall–Kier alpha value is -3.02. The van der Waals surface area contributed by atoms with Crippen LogP contribution in [0.4, 0.5) is 10.1 Å². The summed E-state index contributed by atoms with van der Waals surface area (Å²) in [6.07, 6.45) is 2.65. The fraction of sp³-hybridized carbons (Fsp3) is 0.0625. The minimum Gasteiger partial charge on any atom is -0.496 e. The Balaban J connectivity index is 2.27. The Bertz CT molecular complexity index is 756. The van der Waals surface area contributed by atoms with Gasteiger partial charge in [0.05, 0.1) is 17.6 Å². The number of carbonyl (C=O) groups excluding carboxylic acids is 1. The highest BCUT2D eigenvalue weighted by molar-refractivity contribution is 6.08. The smallest absolute Gasteiger partial charge is 0.270 e. The summed E-state index contributed by atoms with van der Waals surface area (Å²) < 4.78 is 18.3. The number of nitrogens with zero attached hydrogens (tertiary/aromatic N) is 1. The van der Waals surface area contributed by atoms with Crippen molar-refractivity contribution in [3.8, 4) is 5.75 Å². The van der Waals surface area contributed by atoms with E-state index in [1.807, 2.05) is 0 Å². The van der Waals surface area contributed by atoms with Crippen LogP contribution >= 0.6 is 0 Å². The number of nitro benzene ring substituents is 1. The molecule has 112 valence electrons. The summed E-state index contributed by atoms with van der Waals surface area (Å²) in [5.41, 5.74) is 0.514. The lowest BCUT2D eigenvalue weighted by Crippen LogP contribution is -1.99. The third-order valence-electron chi connectivity index (χ3n) is 2.94. The number of allylic oxidation sites excluding steroid dienone is 1. The van der Waals surface area contributed by atoms with E-state index in [2.05, 4.69) is 0 Å². The monoisotopic (exact) mass is 301 g/mol. The topological polar surface area (TPSA) is 69.4 Å². The molecule has 0 fully saturated rings. The predicted molar refractivity (Wildman–Crippen MR) is 79.4 cm³/mol. The molecule has 0 aromatic heterocycles. The molecule has 22 heavy (non-hydrogen) atoms. The molecule has 0 bridgehead atoms. The second kappa shape index (κ2) is 6.62.